The van der Waals surface area contributed by atoms with Crippen molar-refractivity contribution in [3.8, 4) is 5.75 Å². The molecule has 1 atom stereocenters. The van der Waals surface area contributed by atoms with Crippen LogP contribution in [0.4, 0.5) is 0 Å². The highest BCUT2D eigenvalue weighted by atomic mass is 16.5. The zero-order valence-corrected chi connectivity index (χ0v) is 11.8. The second-order valence-corrected chi connectivity index (χ2v) is 5.54. The minimum absolute atomic E-state index is 0.740. The fraction of sp³-hybridized carbons (Fsp3) is 0.500. The van der Waals surface area contributed by atoms with E-state index in [0.717, 1.165) is 18.2 Å². The molecule has 0 bridgehead atoms. The summed E-state index contributed by atoms with van der Waals surface area (Å²) in [6, 6.07) is 7.21. The third-order valence-electron chi connectivity index (χ3n) is 4.37. The molecule has 1 fully saturated rings. The van der Waals surface area contributed by atoms with E-state index in [1.165, 1.54) is 42.3 Å². The van der Waals surface area contributed by atoms with Gasteiger partial charge in [-0.3, -0.25) is 0 Å². The Balaban J connectivity index is 1.78. The molecule has 0 saturated carbocycles. The van der Waals surface area contributed by atoms with Crippen LogP contribution in [0.1, 0.15) is 24.8 Å². The Morgan fingerprint density at radius 2 is 2.32 bits per heavy atom. The number of nitrogens with one attached hydrogen (secondary N) is 1. The molecule has 2 aromatic rings. The SMILES string of the molecule is COc1cc2cc[nH]c2cc1CCC1CCCN1C. The van der Waals surface area contributed by atoms with E-state index in [-0.39, 0.29) is 0 Å². The van der Waals surface area contributed by atoms with Crippen LogP contribution >= 0.6 is 0 Å². The van der Waals surface area contributed by atoms with Crippen LogP contribution < -0.4 is 4.74 Å². The number of aromatic amines is 1. The summed E-state index contributed by atoms with van der Waals surface area (Å²) in [6.45, 7) is 1.25. The van der Waals surface area contributed by atoms with E-state index in [1.807, 2.05) is 6.20 Å². The quantitative estimate of drug-likeness (QED) is 0.912. The van der Waals surface area contributed by atoms with E-state index in [4.69, 9.17) is 4.74 Å². The second kappa shape index (κ2) is 5.25. The zero-order chi connectivity index (χ0) is 13.2. The fourth-order valence-electron chi connectivity index (χ4n) is 3.18. The first-order chi connectivity index (χ1) is 9.28. The van der Waals surface area contributed by atoms with Crippen molar-refractivity contribution in [1.82, 2.24) is 9.88 Å². The van der Waals surface area contributed by atoms with Crippen molar-refractivity contribution in [3.63, 3.8) is 0 Å². The minimum atomic E-state index is 0.740. The smallest absolute Gasteiger partial charge is 0.122 e. The summed E-state index contributed by atoms with van der Waals surface area (Å²) in [5.41, 5.74) is 2.52. The van der Waals surface area contributed by atoms with Gasteiger partial charge in [0.25, 0.3) is 0 Å². The number of methoxy groups -OCH3 is 1. The monoisotopic (exact) mass is 258 g/mol. The summed E-state index contributed by atoms with van der Waals surface area (Å²) < 4.78 is 5.54. The van der Waals surface area contributed by atoms with Crippen LogP contribution in [0.2, 0.25) is 0 Å². The molecule has 1 unspecified atom stereocenters. The van der Waals surface area contributed by atoms with Crippen LogP contribution in [-0.2, 0) is 6.42 Å². The Bertz CT molecular complexity index is 561. The van der Waals surface area contributed by atoms with E-state index in [9.17, 15) is 0 Å². The first kappa shape index (κ1) is 12.5. The van der Waals surface area contributed by atoms with E-state index in [2.05, 4.69) is 35.1 Å². The minimum Gasteiger partial charge on any atom is -0.496 e. The van der Waals surface area contributed by atoms with Crippen molar-refractivity contribution >= 4 is 10.9 Å². The Hall–Kier alpha value is -1.48. The summed E-state index contributed by atoms with van der Waals surface area (Å²) in [4.78, 5) is 5.77. The third kappa shape index (κ3) is 2.47. The summed E-state index contributed by atoms with van der Waals surface area (Å²) in [5.74, 6) is 1.02. The normalized spacial score (nSPS) is 20.2. The van der Waals surface area contributed by atoms with Gasteiger partial charge in [0.2, 0.25) is 0 Å². The summed E-state index contributed by atoms with van der Waals surface area (Å²) >= 11 is 0. The first-order valence-corrected chi connectivity index (χ1v) is 7.12. The van der Waals surface area contributed by atoms with E-state index in [0.29, 0.717) is 0 Å². The highest BCUT2D eigenvalue weighted by Crippen LogP contribution is 2.28. The topological polar surface area (TPSA) is 28.3 Å². The van der Waals surface area contributed by atoms with Gasteiger partial charge in [0.15, 0.2) is 0 Å². The second-order valence-electron chi connectivity index (χ2n) is 5.54. The van der Waals surface area contributed by atoms with Crippen LogP contribution in [0, 0.1) is 0 Å². The number of likely N-dealkylation sites (tertiary alicyclic amines) is 1. The molecule has 0 radical (unpaired) electrons. The molecule has 0 aliphatic carbocycles. The maximum Gasteiger partial charge on any atom is 0.122 e. The van der Waals surface area contributed by atoms with Crippen LogP contribution in [0.3, 0.4) is 0 Å². The van der Waals surface area contributed by atoms with Crippen molar-refractivity contribution in [2.45, 2.75) is 31.7 Å². The molecule has 19 heavy (non-hydrogen) atoms. The molecular weight excluding hydrogens is 236 g/mol. The summed E-state index contributed by atoms with van der Waals surface area (Å²) in [5, 5.41) is 1.22. The van der Waals surface area contributed by atoms with Gasteiger partial charge in [0.1, 0.15) is 5.75 Å². The van der Waals surface area contributed by atoms with E-state index < -0.39 is 0 Å². The lowest BCUT2D eigenvalue weighted by atomic mass is 10.0. The molecule has 1 aromatic heterocycles. The molecule has 3 heteroatoms. The van der Waals surface area contributed by atoms with Gasteiger partial charge >= 0.3 is 0 Å². The Morgan fingerprint density at radius 3 is 3.05 bits per heavy atom. The van der Waals surface area contributed by atoms with Gasteiger partial charge in [-0.1, -0.05) is 0 Å². The predicted octanol–water partition coefficient (Wildman–Crippen LogP) is 3.20. The highest BCUT2D eigenvalue weighted by Gasteiger charge is 2.20. The Kier molecular flexibility index (Phi) is 3.47. The maximum atomic E-state index is 5.54. The molecule has 3 rings (SSSR count). The van der Waals surface area contributed by atoms with Crippen molar-refractivity contribution < 1.29 is 4.74 Å². The number of aromatic nitrogens is 1. The lowest BCUT2D eigenvalue weighted by molar-refractivity contribution is 0.295. The molecule has 0 amide bonds. The largest absolute Gasteiger partial charge is 0.496 e. The lowest BCUT2D eigenvalue weighted by Crippen LogP contribution is -2.25. The van der Waals surface area contributed by atoms with E-state index in [1.54, 1.807) is 7.11 Å². The molecule has 1 aliphatic rings. The van der Waals surface area contributed by atoms with Gasteiger partial charge in [-0.25, -0.2) is 0 Å². The predicted molar refractivity (Wildman–Crippen MR) is 78.8 cm³/mol. The van der Waals surface area contributed by atoms with Crippen LogP contribution in [0.15, 0.2) is 24.4 Å². The number of hydrogen-bond acceptors (Lipinski definition) is 2. The zero-order valence-electron chi connectivity index (χ0n) is 11.8. The number of nitrogens with zero attached hydrogens (tertiary/aromatic N) is 1. The molecule has 1 aliphatic heterocycles. The van der Waals surface area contributed by atoms with Crippen molar-refractivity contribution in [2.24, 2.45) is 0 Å². The van der Waals surface area contributed by atoms with E-state index >= 15 is 0 Å². The molecule has 1 aromatic carbocycles. The maximum absolute atomic E-state index is 5.54. The van der Waals surface area contributed by atoms with Crippen molar-refractivity contribution in [1.29, 1.82) is 0 Å². The molecule has 1 saturated heterocycles. The summed E-state index contributed by atoms with van der Waals surface area (Å²) in [7, 11) is 4.00. The van der Waals surface area contributed by atoms with Crippen LogP contribution in [0.5, 0.6) is 5.75 Å². The lowest BCUT2D eigenvalue weighted by Gasteiger charge is -2.19. The highest BCUT2D eigenvalue weighted by molar-refractivity contribution is 5.82. The van der Waals surface area contributed by atoms with Gasteiger partial charge in [-0.15, -0.1) is 0 Å². The average Bonchev–Trinajstić information content (AvgIpc) is 3.03. The number of fused-ring (bicyclic) bond motifs is 1. The number of rotatable bonds is 4. The number of aryl methyl sites for hydroxylation is 1. The first-order valence-electron chi connectivity index (χ1n) is 7.12. The Morgan fingerprint density at radius 1 is 1.42 bits per heavy atom. The van der Waals surface area contributed by atoms with Crippen molar-refractivity contribution in [3.05, 3.63) is 30.0 Å². The molecular formula is C16H22N2O. The third-order valence-corrected chi connectivity index (χ3v) is 4.37. The molecule has 2 heterocycles. The molecule has 0 spiro atoms. The Labute approximate surface area is 114 Å². The molecule has 3 nitrogen and oxygen atoms in total. The average molecular weight is 258 g/mol. The number of ether oxygens (including phenoxy) is 1. The van der Waals surface area contributed by atoms with Gasteiger partial charge in [-0.05, 0) is 63.0 Å². The van der Waals surface area contributed by atoms with Gasteiger partial charge in [-0.2, -0.15) is 0 Å². The van der Waals surface area contributed by atoms with Gasteiger partial charge < -0.3 is 14.6 Å². The number of H-pyrrole nitrogens is 1. The molecule has 1 N–H and O–H groups in total. The van der Waals surface area contributed by atoms with Gasteiger partial charge in [0.05, 0.1) is 7.11 Å². The van der Waals surface area contributed by atoms with Gasteiger partial charge in [0, 0.05) is 23.1 Å². The standard InChI is InChI=1S/C16H22N2O/c1-18-9-3-4-14(18)6-5-13-10-15-12(7-8-17-15)11-16(13)19-2/h7-8,10-11,14,17H,3-6,9H2,1-2H3. The number of benzene rings is 1. The van der Waals surface area contributed by atoms with Crippen LogP contribution in [-0.4, -0.2) is 36.6 Å². The summed E-state index contributed by atoms with van der Waals surface area (Å²) in [6.07, 6.45) is 6.97. The molecule has 102 valence electrons. The van der Waals surface area contributed by atoms with Crippen molar-refractivity contribution in [2.75, 3.05) is 20.7 Å². The van der Waals surface area contributed by atoms with Crippen LogP contribution in [0.25, 0.3) is 10.9 Å². The number of hydrogen-bond donors (Lipinski definition) is 1. The fourth-order valence-corrected chi connectivity index (χ4v) is 3.18.